The van der Waals surface area contributed by atoms with Gasteiger partial charge in [-0.15, -0.1) is 0 Å². The molecule has 2 aromatic rings. The summed E-state index contributed by atoms with van der Waals surface area (Å²) in [5, 5.41) is 11.4. The Kier molecular flexibility index (Phi) is 14.1. The normalized spacial score (nSPS) is 15.5. The van der Waals surface area contributed by atoms with Crippen molar-refractivity contribution >= 4 is 29.4 Å². The maximum Gasteiger partial charge on any atom is 0.290 e. The number of hydrogen-bond acceptors (Lipinski definition) is 3. The average Bonchev–Trinajstić information content (AvgIpc) is 3.22. The van der Waals surface area contributed by atoms with Gasteiger partial charge in [-0.2, -0.15) is 0 Å². The Morgan fingerprint density at radius 3 is 1.88 bits per heavy atom. The van der Waals surface area contributed by atoms with Crippen LogP contribution in [0.2, 0.25) is 5.02 Å². The standard InChI is InChI=1S/C35H46ClNO3/c1-2-3-4-5-6-7-8-9-10-11-12-13-14-18-27-37-33(29-22-24-30(36)25-23-29)32(34(39)35(37)40)31(38)26-21-28-19-16-15-17-20-28/h15-17,19-26,33,39H,2-14,18,27H2,1H3/b26-21+/t33-/m1/s1. The van der Waals surface area contributed by atoms with Crippen LogP contribution in [0.25, 0.3) is 6.08 Å². The number of carbonyl (C=O) groups is 2. The number of ketones is 1. The largest absolute Gasteiger partial charge is 0.503 e. The molecule has 0 aliphatic carbocycles. The lowest BCUT2D eigenvalue weighted by molar-refractivity contribution is -0.129. The van der Waals surface area contributed by atoms with Gasteiger partial charge in [-0.3, -0.25) is 9.59 Å². The number of aliphatic hydroxyl groups excluding tert-OH is 1. The zero-order valence-electron chi connectivity index (χ0n) is 24.1. The van der Waals surface area contributed by atoms with Crippen molar-refractivity contribution in [3.8, 4) is 0 Å². The van der Waals surface area contributed by atoms with Crippen molar-refractivity contribution in [3.05, 3.63) is 88.2 Å². The first-order valence-corrected chi connectivity index (χ1v) is 15.7. The van der Waals surface area contributed by atoms with E-state index in [1.165, 1.54) is 76.7 Å². The van der Waals surface area contributed by atoms with Gasteiger partial charge >= 0.3 is 0 Å². The van der Waals surface area contributed by atoms with Gasteiger partial charge in [-0.25, -0.2) is 0 Å². The topological polar surface area (TPSA) is 57.6 Å². The number of rotatable bonds is 19. The lowest BCUT2D eigenvalue weighted by atomic mass is 9.95. The molecule has 1 aliphatic rings. The van der Waals surface area contributed by atoms with E-state index < -0.39 is 17.7 Å². The van der Waals surface area contributed by atoms with Gasteiger partial charge in [0.25, 0.3) is 5.91 Å². The summed E-state index contributed by atoms with van der Waals surface area (Å²) in [6.45, 7) is 2.75. The highest BCUT2D eigenvalue weighted by Gasteiger charge is 2.42. The molecule has 2 aromatic carbocycles. The second-order valence-corrected chi connectivity index (χ2v) is 11.4. The second-order valence-electron chi connectivity index (χ2n) is 10.9. The minimum atomic E-state index is -0.625. The zero-order valence-corrected chi connectivity index (χ0v) is 24.9. The van der Waals surface area contributed by atoms with Crippen molar-refractivity contribution in [2.24, 2.45) is 0 Å². The molecule has 0 fully saturated rings. The SMILES string of the molecule is CCCCCCCCCCCCCCCCN1C(=O)C(O)=C(C(=O)/C=C/c2ccccc2)[C@H]1c1ccc(Cl)cc1. The van der Waals surface area contributed by atoms with Crippen LogP contribution in [0.4, 0.5) is 0 Å². The Bertz CT molecular complexity index is 1110. The molecule has 40 heavy (non-hydrogen) atoms. The number of unbranched alkanes of at least 4 members (excludes halogenated alkanes) is 13. The van der Waals surface area contributed by atoms with Gasteiger partial charge in [0, 0.05) is 11.6 Å². The second kappa shape index (κ2) is 17.8. The van der Waals surface area contributed by atoms with Crippen LogP contribution >= 0.6 is 11.6 Å². The number of halogens is 1. The van der Waals surface area contributed by atoms with Crippen LogP contribution in [-0.2, 0) is 9.59 Å². The fraction of sp³-hybridized carbons (Fsp3) is 0.486. The molecule has 3 rings (SSSR count). The summed E-state index contributed by atoms with van der Waals surface area (Å²) in [6.07, 6.45) is 20.8. The molecule has 1 aliphatic heterocycles. The third-order valence-electron chi connectivity index (χ3n) is 7.73. The summed E-state index contributed by atoms with van der Waals surface area (Å²) in [7, 11) is 0. The predicted octanol–water partition coefficient (Wildman–Crippen LogP) is 9.80. The Morgan fingerprint density at radius 2 is 1.32 bits per heavy atom. The third kappa shape index (κ3) is 9.96. The van der Waals surface area contributed by atoms with E-state index in [-0.39, 0.29) is 11.4 Å². The molecule has 1 heterocycles. The molecule has 0 spiro atoms. The first-order valence-electron chi connectivity index (χ1n) is 15.3. The lowest BCUT2D eigenvalue weighted by Gasteiger charge is -2.26. The van der Waals surface area contributed by atoms with E-state index in [1.54, 1.807) is 23.1 Å². The van der Waals surface area contributed by atoms with E-state index >= 15 is 0 Å². The van der Waals surface area contributed by atoms with Gasteiger partial charge in [0.05, 0.1) is 11.6 Å². The van der Waals surface area contributed by atoms with Crippen molar-refractivity contribution in [1.29, 1.82) is 0 Å². The van der Waals surface area contributed by atoms with Crippen molar-refractivity contribution in [1.82, 2.24) is 4.90 Å². The summed E-state index contributed by atoms with van der Waals surface area (Å²) in [4.78, 5) is 28.0. The maximum absolute atomic E-state index is 13.3. The molecule has 0 radical (unpaired) electrons. The van der Waals surface area contributed by atoms with Crippen molar-refractivity contribution in [3.63, 3.8) is 0 Å². The van der Waals surface area contributed by atoms with Crippen LogP contribution in [-0.4, -0.2) is 28.2 Å². The lowest BCUT2D eigenvalue weighted by Crippen LogP contribution is -2.32. The number of amides is 1. The summed E-state index contributed by atoms with van der Waals surface area (Å²) >= 11 is 6.11. The fourth-order valence-electron chi connectivity index (χ4n) is 5.43. The molecular formula is C35H46ClNO3. The van der Waals surface area contributed by atoms with Crippen LogP contribution in [0.15, 0.2) is 72.0 Å². The molecule has 0 saturated carbocycles. The molecule has 0 unspecified atom stereocenters. The predicted molar refractivity (Wildman–Crippen MR) is 166 cm³/mol. The number of aliphatic hydroxyl groups is 1. The van der Waals surface area contributed by atoms with Crippen molar-refractivity contribution < 1.29 is 14.7 Å². The average molecular weight is 564 g/mol. The summed E-state index contributed by atoms with van der Waals surface area (Å²) in [5.41, 5.74) is 1.77. The van der Waals surface area contributed by atoms with E-state index in [1.807, 2.05) is 42.5 Å². The first kappa shape index (κ1) is 31.7. The highest BCUT2D eigenvalue weighted by Crippen LogP contribution is 2.38. The monoisotopic (exact) mass is 563 g/mol. The Hall–Kier alpha value is -2.85. The minimum Gasteiger partial charge on any atom is -0.503 e. The highest BCUT2D eigenvalue weighted by molar-refractivity contribution is 6.30. The van der Waals surface area contributed by atoms with Crippen LogP contribution in [0.1, 0.15) is 114 Å². The van der Waals surface area contributed by atoms with E-state index in [2.05, 4.69) is 6.92 Å². The number of carbonyl (C=O) groups excluding carboxylic acids is 2. The van der Waals surface area contributed by atoms with Gasteiger partial charge in [0.2, 0.25) is 0 Å². The quantitative estimate of drug-likeness (QED) is 0.137. The molecule has 4 nitrogen and oxygen atoms in total. The fourth-order valence-corrected chi connectivity index (χ4v) is 5.56. The molecule has 0 saturated heterocycles. The Labute approximate surface area is 246 Å². The van der Waals surface area contributed by atoms with Crippen LogP contribution in [0, 0.1) is 0 Å². The molecule has 1 atom stereocenters. The highest BCUT2D eigenvalue weighted by atomic mass is 35.5. The number of hydrogen-bond donors (Lipinski definition) is 1. The Balaban J connectivity index is 1.49. The zero-order chi connectivity index (χ0) is 28.6. The number of nitrogens with zero attached hydrogens (tertiary/aromatic N) is 1. The molecule has 216 valence electrons. The smallest absolute Gasteiger partial charge is 0.290 e. The van der Waals surface area contributed by atoms with Crippen LogP contribution in [0.3, 0.4) is 0 Å². The van der Waals surface area contributed by atoms with Gasteiger partial charge in [-0.1, -0.05) is 151 Å². The molecule has 1 N–H and O–H groups in total. The van der Waals surface area contributed by atoms with Crippen molar-refractivity contribution in [2.75, 3.05) is 6.54 Å². The third-order valence-corrected chi connectivity index (χ3v) is 7.99. The van der Waals surface area contributed by atoms with Crippen LogP contribution in [0.5, 0.6) is 0 Å². The molecule has 0 aromatic heterocycles. The van der Waals surface area contributed by atoms with Gasteiger partial charge in [-0.05, 0) is 35.8 Å². The number of allylic oxidation sites excluding steroid dienone is 1. The van der Waals surface area contributed by atoms with Crippen molar-refractivity contribution in [2.45, 2.75) is 103 Å². The minimum absolute atomic E-state index is 0.130. The van der Waals surface area contributed by atoms with E-state index in [0.717, 1.165) is 30.4 Å². The van der Waals surface area contributed by atoms with E-state index in [9.17, 15) is 14.7 Å². The molecule has 0 bridgehead atoms. The van der Waals surface area contributed by atoms with Gasteiger partial charge < -0.3 is 10.0 Å². The molecular weight excluding hydrogens is 518 g/mol. The van der Waals surface area contributed by atoms with Crippen LogP contribution < -0.4 is 0 Å². The molecule has 5 heteroatoms. The van der Waals surface area contributed by atoms with E-state index in [0.29, 0.717) is 11.6 Å². The first-order chi connectivity index (χ1) is 19.5. The van der Waals surface area contributed by atoms with Gasteiger partial charge in [0.15, 0.2) is 11.5 Å². The number of benzene rings is 2. The summed E-state index contributed by atoms with van der Waals surface area (Å²) in [5.74, 6) is -1.29. The summed E-state index contributed by atoms with van der Waals surface area (Å²) < 4.78 is 0. The van der Waals surface area contributed by atoms with Gasteiger partial charge in [0.1, 0.15) is 0 Å². The van der Waals surface area contributed by atoms with E-state index in [4.69, 9.17) is 11.6 Å². The summed E-state index contributed by atoms with van der Waals surface area (Å²) in [6, 6.07) is 16.0. The molecule has 1 amide bonds. The maximum atomic E-state index is 13.3. The Morgan fingerprint density at radius 1 is 0.800 bits per heavy atom.